The Labute approximate surface area is 126 Å². The summed E-state index contributed by atoms with van der Waals surface area (Å²) >= 11 is 0. The van der Waals surface area contributed by atoms with Gasteiger partial charge in [0.2, 0.25) is 5.91 Å². The Balaban J connectivity index is 1.60. The van der Waals surface area contributed by atoms with Crippen molar-refractivity contribution >= 4 is 5.91 Å². The zero-order chi connectivity index (χ0) is 14.5. The van der Waals surface area contributed by atoms with Gasteiger partial charge in [0, 0.05) is 37.3 Å². The first-order valence-corrected chi connectivity index (χ1v) is 8.04. The van der Waals surface area contributed by atoms with Crippen LogP contribution in [0.1, 0.15) is 56.6 Å². The maximum Gasteiger partial charge on any atom is 0.226 e. The molecule has 0 radical (unpaired) electrons. The highest BCUT2D eigenvalue weighted by Gasteiger charge is 2.25. The topological polar surface area (TPSA) is 46.1 Å². The Bertz CT molecular complexity index is 512. The predicted octanol–water partition coefficient (Wildman–Crippen LogP) is 3.07. The summed E-state index contributed by atoms with van der Waals surface area (Å²) in [5, 5.41) is 0. The first-order valence-electron chi connectivity index (χ1n) is 8.04. The zero-order valence-corrected chi connectivity index (χ0v) is 12.5. The molecule has 1 atom stereocenters. The van der Waals surface area contributed by atoms with Crippen LogP contribution in [0, 0.1) is 0 Å². The van der Waals surface area contributed by atoms with Crippen molar-refractivity contribution in [2.75, 3.05) is 13.1 Å². The molecule has 1 aliphatic carbocycles. The average molecular weight is 285 g/mol. The Morgan fingerprint density at radius 3 is 3.05 bits per heavy atom. The van der Waals surface area contributed by atoms with Crippen molar-refractivity contribution in [3.63, 3.8) is 0 Å². The van der Waals surface area contributed by atoms with Gasteiger partial charge in [-0.25, -0.2) is 9.97 Å². The summed E-state index contributed by atoms with van der Waals surface area (Å²) < 4.78 is 0. The molecule has 3 rings (SSSR count). The minimum absolute atomic E-state index is 0.293. The fourth-order valence-corrected chi connectivity index (χ4v) is 3.36. The molecule has 21 heavy (non-hydrogen) atoms. The molecule has 0 spiro atoms. The monoisotopic (exact) mass is 285 g/mol. The molecule has 1 saturated heterocycles. The number of hydrogen-bond acceptors (Lipinski definition) is 3. The highest BCUT2D eigenvalue weighted by atomic mass is 16.2. The molecular formula is C17H23N3O. The molecule has 0 bridgehead atoms. The van der Waals surface area contributed by atoms with Gasteiger partial charge in [0.25, 0.3) is 0 Å². The second kappa shape index (κ2) is 6.83. The first-order chi connectivity index (χ1) is 10.3. The van der Waals surface area contributed by atoms with E-state index >= 15 is 0 Å². The second-order valence-electron chi connectivity index (χ2n) is 6.10. The Hall–Kier alpha value is -1.71. The molecule has 1 aromatic heterocycles. The molecule has 1 aliphatic heterocycles. The Kier molecular flexibility index (Phi) is 4.63. The van der Waals surface area contributed by atoms with E-state index in [9.17, 15) is 4.79 Å². The van der Waals surface area contributed by atoms with Gasteiger partial charge in [-0.1, -0.05) is 11.6 Å². The lowest BCUT2D eigenvalue weighted by Gasteiger charge is -2.33. The van der Waals surface area contributed by atoms with Crippen molar-refractivity contribution in [1.29, 1.82) is 0 Å². The number of hydrogen-bond donors (Lipinski definition) is 0. The van der Waals surface area contributed by atoms with E-state index in [1.165, 1.54) is 18.4 Å². The number of piperidine rings is 1. The molecule has 4 heteroatoms. The van der Waals surface area contributed by atoms with Crippen molar-refractivity contribution < 1.29 is 4.79 Å². The van der Waals surface area contributed by atoms with Gasteiger partial charge in [-0.2, -0.15) is 0 Å². The van der Waals surface area contributed by atoms with Gasteiger partial charge in [-0.05, 0) is 44.6 Å². The molecule has 112 valence electrons. The first kappa shape index (κ1) is 14.2. The number of nitrogens with zero attached hydrogens (tertiary/aromatic N) is 3. The number of allylic oxidation sites excluding steroid dienone is 1. The van der Waals surface area contributed by atoms with Crippen LogP contribution in [0.2, 0.25) is 0 Å². The Morgan fingerprint density at radius 1 is 1.33 bits per heavy atom. The van der Waals surface area contributed by atoms with Gasteiger partial charge in [-0.3, -0.25) is 4.79 Å². The third kappa shape index (κ3) is 3.69. The van der Waals surface area contributed by atoms with Gasteiger partial charge in [0.15, 0.2) is 0 Å². The molecule has 2 heterocycles. The third-order valence-corrected chi connectivity index (χ3v) is 4.56. The van der Waals surface area contributed by atoms with E-state index in [0.717, 1.165) is 44.5 Å². The summed E-state index contributed by atoms with van der Waals surface area (Å²) in [6, 6.07) is 1.97. The van der Waals surface area contributed by atoms with Crippen LogP contribution in [0.25, 0.3) is 0 Å². The number of carbonyl (C=O) groups is 1. The van der Waals surface area contributed by atoms with Gasteiger partial charge >= 0.3 is 0 Å². The lowest BCUT2D eigenvalue weighted by Crippen LogP contribution is -2.39. The van der Waals surface area contributed by atoms with Crippen LogP contribution < -0.4 is 0 Å². The SMILES string of the molecule is O=C(CC1=CCCCC1)N1CCCC(c2ccncn2)C1. The van der Waals surface area contributed by atoms with Gasteiger partial charge in [0.1, 0.15) is 6.33 Å². The summed E-state index contributed by atoms with van der Waals surface area (Å²) in [5.41, 5.74) is 2.41. The molecular weight excluding hydrogens is 262 g/mol. The molecule has 4 nitrogen and oxygen atoms in total. The van der Waals surface area contributed by atoms with E-state index in [1.54, 1.807) is 12.5 Å². The molecule has 1 amide bonds. The van der Waals surface area contributed by atoms with Crippen LogP contribution >= 0.6 is 0 Å². The summed E-state index contributed by atoms with van der Waals surface area (Å²) in [4.78, 5) is 22.9. The zero-order valence-electron chi connectivity index (χ0n) is 12.5. The van der Waals surface area contributed by atoms with Crippen molar-refractivity contribution in [3.8, 4) is 0 Å². The number of amides is 1. The van der Waals surface area contributed by atoms with Gasteiger partial charge in [-0.15, -0.1) is 0 Å². The van der Waals surface area contributed by atoms with Crippen LogP contribution in [0.4, 0.5) is 0 Å². The quantitative estimate of drug-likeness (QED) is 0.802. The summed E-state index contributed by atoms with van der Waals surface area (Å²) in [7, 11) is 0. The van der Waals surface area contributed by atoms with E-state index in [0.29, 0.717) is 18.2 Å². The van der Waals surface area contributed by atoms with E-state index in [1.807, 2.05) is 11.0 Å². The molecule has 0 N–H and O–H groups in total. The van der Waals surface area contributed by atoms with Crippen LogP contribution in [-0.2, 0) is 4.79 Å². The Morgan fingerprint density at radius 2 is 2.29 bits per heavy atom. The molecule has 0 saturated carbocycles. The fourth-order valence-electron chi connectivity index (χ4n) is 3.36. The fraction of sp³-hybridized carbons (Fsp3) is 0.588. The maximum absolute atomic E-state index is 12.5. The van der Waals surface area contributed by atoms with Crippen molar-refractivity contribution in [2.24, 2.45) is 0 Å². The molecule has 1 fully saturated rings. The van der Waals surface area contributed by atoms with Crippen molar-refractivity contribution in [1.82, 2.24) is 14.9 Å². The number of carbonyl (C=O) groups excluding carboxylic acids is 1. The number of likely N-dealkylation sites (tertiary alicyclic amines) is 1. The molecule has 0 aromatic carbocycles. The van der Waals surface area contributed by atoms with E-state index in [-0.39, 0.29) is 0 Å². The summed E-state index contributed by atoms with van der Waals surface area (Å²) in [6.07, 6.45) is 13.2. The summed E-state index contributed by atoms with van der Waals surface area (Å²) in [5.74, 6) is 0.660. The lowest BCUT2D eigenvalue weighted by molar-refractivity contribution is -0.131. The number of rotatable bonds is 3. The van der Waals surface area contributed by atoms with Crippen LogP contribution in [-0.4, -0.2) is 33.9 Å². The highest BCUT2D eigenvalue weighted by molar-refractivity contribution is 5.79. The van der Waals surface area contributed by atoms with Gasteiger partial charge in [0.05, 0.1) is 0 Å². The average Bonchev–Trinajstić information content (AvgIpc) is 2.57. The van der Waals surface area contributed by atoms with E-state index in [2.05, 4.69) is 16.0 Å². The number of aromatic nitrogens is 2. The largest absolute Gasteiger partial charge is 0.342 e. The smallest absolute Gasteiger partial charge is 0.226 e. The minimum atomic E-state index is 0.293. The van der Waals surface area contributed by atoms with Crippen LogP contribution in [0.15, 0.2) is 30.2 Å². The van der Waals surface area contributed by atoms with Crippen molar-refractivity contribution in [2.45, 2.75) is 50.9 Å². The van der Waals surface area contributed by atoms with Crippen LogP contribution in [0.5, 0.6) is 0 Å². The lowest BCUT2D eigenvalue weighted by atomic mass is 9.93. The highest BCUT2D eigenvalue weighted by Crippen LogP contribution is 2.27. The molecule has 2 aliphatic rings. The minimum Gasteiger partial charge on any atom is -0.342 e. The van der Waals surface area contributed by atoms with Gasteiger partial charge < -0.3 is 4.90 Å². The molecule has 1 aromatic rings. The second-order valence-corrected chi connectivity index (χ2v) is 6.10. The van der Waals surface area contributed by atoms with E-state index in [4.69, 9.17) is 0 Å². The molecule has 1 unspecified atom stereocenters. The van der Waals surface area contributed by atoms with Crippen LogP contribution in [0.3, 0.4) is 0 Å². The van der Waals surface area contributed by atoms with E-state index < -0.39 is 0 Å². The third-order valence-electron chi connectivity index (χ3n) is 4.56. The predicted molar refractivity (Wildman–Crippen MR) is 81.8 cm³/mol. The standard InChI is InChI=1S/C17H23N3O/c21-17(11-14-5-2-1-3-6-14)20-10-4-7-15(12-20)16-8-9-18-13-19-16/h5,8-9,13,15H,1-4,6-7,10-12H2. The van der Waals surface area contributed by atoms with Crippen molar-refractivity contribution in [3.05, 3.63) is 35.9 Å². The normalized spacial score (nSPS) is 22.8. The summed E-state index contributed by atoms with van der Waals surface area (Å²) in [6.45, 7) is 1.71. The maximum atomic E-state index is 12.5.